The molecule has 1 spiro atoms. The van der Waals surface area contributed by atoms with Gasteiger partial charge in [-0.25, -0.2) is 0 Å². The summed E-state index contributed by atoms with van der Waals surface area (Å²) >= 11 is 0. The fourth-order valence-corrected chi connectivity index (χ4v) is 4.29. The molecule has 98 valence electrons. The first-order valence-electron chi connectivity index (χ1n) is 7.62. The van der Waals surface area contributed by atoms with Gasteiger partial charge in [0, 0.05) is 11.5 Å². The predicted octanol–water partition coefficient (Wildman–Crippen LogP) is 3.24. The van der Waals surface area contributed by atoms with E-state index in [4.69, 9.17) is 10.5 Å². The van der Waals surface area contributed by atoms with Crippen LogP contribution >= 0.6 is 0 Å². The summed E-state index contributed by atoms with van der Waals surface area (Å²) in [5, 5.41) is 0. The summed E-state index contributed by atoms with van der Waals surface area (Å²) in [6, 6.07) is 0.428. The van der Waals surface area contributed by atoms with E-state index in [1.54, 1.807) is 0 Å². The molecule has 2 unspecified atom stereocenters. The molecule has 3 saturated carbocycles. The lowest BCUT2D eigenvalue weighted by Gasteiger charge is -2.53. The third-order valence-corrected chi connectivity index (χ3v) is 5.70. The molecular formula is C15H27NO. The number of hydrogen-bond donors (Lipinski definition) is 1. The molecule has 0 aliphatic heterocycles. The normalized spacial score (nSPS) is 44.8. The zero-order valence-electron chi connectivity index (χ0n) is 11.2. The van der Waals surface area contributed by atoms with Crippen LogP contribution in [0.3, 0.4) is 0 Å². The number of nitrogens with two attached hydrogens (primary N) is 1. The fourth-order valence-electron chi connectivity index (χ4n) is 4.29. The average Bonchev–Trinajstić information content (AvgIpc) is 2.83. The average molecular weight is 237 g/mol. The highest BCUT2D eigenvalue weighted by Crippen LogP contribution is 2.54. The second kappa shape index (κ2) is 4.55. The van der Waals surface area contributed by atoms with Crippen LogP contribution in [0.2, 0.25) is 0 Å². The number of rotatable bonds is 2. The predicted molar refractivity (Wildman–Crippen MR) is 69.8 cm³/mol. The maximum absolute atomic E-state index is 6.40. The number of hydrogen-bond acceptors (Lipinski definition) is 2. The van der Waals surface area contributed by atoms with Gasteiger partial charge in [-0.2, -0.15) is 0 Å². The molecular weight excluding hydrogens is 210 g/mol. The minimum atomic E-state index is 0.392. The van der Waals surface area contributed by atoms with E-state index in [0.717, 1.165) is 12.3 Å². The third kappa shape index (κ3) is 2.04. The van der Waals surface area contributed by atoms with Crippen LogP contribution in [0, 0.1) is 11.3 Å². The Morgan fingerprint density at radius 2 is 1.71 bits per heavy atom. The van der Waals surface area contributed by atoms with E-state index >= 15 is 0 Å². The maximum Gasteiger partial charge on any atom is 0.0664 e. The van der Waals surface area contributed by atoms with Crippen LogP contribution in [-0.2, 0) is 4.74 Å². The molecule has 3 rings (SSSR count). The summed E-state index contributed by atoms with van der Waals surface area (Å²) in [5.41, 5.74) is 6.65. The van der Waals surface area contributed by atoms with Gasteiger partial charge in [0.1, 0.15) is 0 Å². The molecule has 3 aliphatic carbocycles. The van der Waals surface area contributed by atoms with Gasteiger partial charge >= 0.3 is 0 Å². The minimum absolute atomic E-state index is 0.392. The van der Waals surface area contributed by atoms with E-state index in [-0.39, 0.29) is 0 Å². The van der Waals surface area contributed by atoms with Gasteiger partial charge in [0.25, 0.3) is 0 Å². The highest BCUT2D eigenvalue weighted by atomic mass is 16.5. The third-order valence-electron chi connectivity index (χ3n) is 5.70. The molecule has 2 nitrogen and oxygen atoms in total. The highest BCUT2D eigenvalue weighted by molar-refractivity contribution is 5.08. The molecule has 0 bridgehead atoms. The van der Waals surface area contributed by atoms with Gasteiger partial charge in [-0.15, -0.1) is 0 Å². The molecule has 17 heavy (non-hydrogen) atoms. The van der Waals surface area contributed by atoms with Gasteiger partial charge in [-0.05, 0) is 50.9 Å². The van der Waals surface area contributed by atoms with Crippen molar-refractivity contribution in [1.82, 2.24) is 0 Å². The van der Waals surface area contributed by atoms with Gasteiger partial charge in [0.15, 0.2) is 0 Å². The molecule has 3 fully saturated rings. The topological polar surface area (TPSA) is 35.2 Å². The van der Waals surface area contributed by atoms with Crippen molar-refractivity contribution in [2.24, 2.45) is 17.1 Å². The molecule has 0 aromatic carbocycles. The lowest BCUT2D eigenvalue weighted by atomic mass is 9.61. The minimum Gasteiger partial charge on any atom is -0.374 e. The standard InChI is InChI=1S/C15H27NO/c1-11-4-6-12(7-5-11)17-14-10-13(16)15(14)8-2-3-9-15/h11-14H,2-10,16H2,1H3. The Hall–Kier alpha value is -0.0800. The summed E-state index contributed by atoms with van der Waals surface area (Å²) in [5.74, 6) is 0.916. The molecule has 2 atom stereocenters. The summed E-state index contributed by atoms with van der Waals surface area (Å²) in [7, 11) is 0. The molecule has 3 aliphatic rings. The van der Waals surface area contributed by atoms with Crippen molar-refractivity contribution < 1.29 is 4.74 Å². The van der Waals surface area contributed by atoms with Crippen LogP contribution < -0.4 is 5.73 Å². The van der Waals surface area contributed by atoms with Gasteiger partial charge in [0.2, 0.25) is 0 Å². The quantitative estimate of drug-likeness (QED) is 0.800. The Morgan fingerprint density at radius 3 is 2.29 bits per heavy atom. The Labute approximate surface area is 105 Å². The first kappa shape index (κ1) is 12.0. The van der Waals surface area contributed by atoms with Crippen LogP contribution in [-0.4, -0.2) is 18.2 Å². The van der Waals surface area contributed by atoms with Crippen LogP contribution in [0.1, 0.15) is 64.7 Å². The molecule has 2 heteroatoms. The molecule has 0 amide bonds. The van der Waals surface area contributed by atoms with Crippen molar-refractivity contribution in [3.05, 3.63) is 0 Å². The van der Waals surface area contributed by atoms with Gasteiger partial charge in [-0.3, -0.25) is 0 Å². The van der Waals surface area contributed by atoms with Crippen LogP contribution in [0.15, 0.2) is 0 Å². The van der Waals surface area contributed by atoms with Crippen LogP contribution in [0.4, 0.5) is 0 Å². The molecule has 0 saturated heterocycles. The van der Waals surface area contributed by atoms with Crippen LogP contribution in [0.25, 0.3) is 0 Å². The second-order valence-electron chi connectivity index (χ2n) is 6.79. The van der Waals surface area contributed by atoms with Gasteiger partial charge in [0.05, 0.1) is 12.2 Å². The van der Waals surface area contributed by atoms with E-state index in [0.29, 0.717) is 23.7 Å². The SMILES string of the molecule is CC1CCC(OC2CC(N)C23CCCC3)CC1. The number of ether oxygens (including phenoxy) is 1. The summed E-state index contributed by atoms with van der Waals surface area (Å²) in [4.78, 5) is 0. The lowest BCUT2D eigenvalue weighted by Crippen LogP contribution is -2.61. The lowest BCUT2D eigenvalue weighted by molar-refractivity contribution is -0.160. The Morgan fingerprint density at radius 1 is 1.06 bits per heavy atom. The maximum atomic E-state index is 6.40. The van der Waals surface area contributed by atoms with E-state index in [1.165, 1.54) is 51.4 Å². The first-order chi connectivity index (χ1) is 8.21. The highest BCUT2D eigenvalue weighted by Gasteiger charge is 2.55. The van der Waals surface area contributed by atoms with Crippen molar-refractivity contribution in [3.8, 4) is 0 Å². The summed E-state index contributed by atoms with van der Waals surface area (Å²) in [6.07, 6.45) is 12.8. The molecule has 0 aromatic heterocycles. The Balaban J connectivity index is 1.55. The van der Waals surface area contributed by atoms with Crippen molar-refractivity contribution >= 4 is 0 Å². The van der Waals surface area contributed by atoms with Crippen LogP contribution in [0.5, 0.6) is 0 Å². The fraction of sp³-hybridized carbons (Fsp3) is 1.00. The van der Waals surface area contributed by atoms with Crippen molar-refractivity contribution in [2.45, 2.75) is 83.0 Å². The molecule has 0 aromatic rings. The van der Waals surface area contributed by atoms with E-state index < -0.39 is 0 Å². The molecule has 2 N–H and O–H groups in total. The van der Waals surface area contributed by atoms with E-state index in [1.807, 2.05) is 0 Å². The van der Waals surface area contributed by atoms with Crippen molar-refractivity contribution in [3.63, 3.8) is 0 Å². The molecule has 0 heterocycles. The Bertz CT molecular complexity index is 264. The summed E-state index contributed by atoms with van der Waals surface area (Å²) < 4.78 is 6.40. The molecule has 0 radical (unpaired) electrons. The monoisotopic (exact) mass is 237 g/mol. The first-order valence-corrected chi connectivity index (χ1v) is 7.62. The Kier molecular flexibility index (Phi) is 3.20. The summed E-state index contributed by atoms with van der Waals surface area (Å²) in [6.45, 7) is 2.37. The van der Waals surface area contributed by atoms with Crippen molar-refractivity contribution in [1.29, 1.82) is 0 Å². The van der Waals surface area contributed by atoms with E-state index in [2.05, 4.69) is 6.92 Å². The van der Waals surface area contributed by atoms with Crippen molar-refractivity contribution in [2.75, 3.05) is 0 Å². The largest absolute Gasteiger partial charge is 0.374 e. The zero-order chi connectivity index (χ0) is 11.9. The smallest absolute Gasteiger partial charge is 0.0664 e. The second-order valence-corrected chi connectivity index (χ2v) is 6.79. The van der Waals surface area contributed by atoms with Gasteiger partial charge in [-0.1, -0.05) is 19.8 Å². The van der Waals surface area contributed by atoms with Gasteiger partial charge < -0.3 is 10.5 Å². The van der Waals surface area contributed by atoms with E-state index in [9.17, 15) is 0 Å². The zero-order valence-corrected chi connectivity index (χ0v) is 11.2.